The van der Waals surface area contributed by atoms with Crippen molar-refractivity contribution in [3.05, 3.63) is 53.6 Å². The standard InChI is InChI=1S/C18H18O3/c19-12-6-4-11(5-7-12)18-15-3-1-2-14(15)16-10-13(20)8-9-17(16)21-18/h4-10,14-15,18-20H,1-3H2/t14-,15+,18+/m0/s1. The Kier molecular flexibility index (Phi) is 2.81. The second-order valence-corrected chi connectivity index (χ2v) is 6.05. The number of hydrogen-bond acceptors (Lipinski definition) is 3. The van der Waals surface area contributed by atoms with Crippen molar-refractivity contribution in [1.82, 2.24) is 0 Å². The first kappa shape index (κ1) is 12.6. The van der Waals surface area contributed by atoms with E-state index in [1.807, 2.05) is 24.3 Å². The Balaban J connectivity index is 1.77. The van der Waals surface area contributed by atoms with Crippen molar-refractivity contribution in [3.63, 3.8) is 0 Å². The van der Waals surface area contributed by atoms with E-state index >= 15 is 0 Å². The minimum atomic E-state index is 0.0372. The van der Waals surface area contributed by atoms with Gasteiger partial charge in [0.15, 0.2) is 0 Å². The summed E-state index contributed by atoms with van der Waals surface area (Å²) >= 11 is 0. The van der Waals surface area contributed by atoms with Gasteiger partial charge in [-0.1, -0.05) is 18.6 Å². The molecule has 1 aliphatic carbocycles. The summed E-state index contributed by atoms with van der Waals surface area (Å²) in [4.78, 5) is 0. The highest BCUT2D eigenvalue weighted by molar-refractivity contribution is 5.45. The Morgan fingerprint density at radius 3 is 2.48 bits per heavy atom. The highest BCUT2D eigenvalue weighted by atomic mass is 16.5. The second-order valence-electron chi connectivity index (χ2n) is 6.05. The third kappa shape index (κ3) is 2.04. The summed E-state index contributed by atoms with van der Waals surface area (Å²) in [6.45, 7) is 0. The third-order valence-corrected chi connectivity index (χ3v) is 4.83. The van der Waals surface area contributed by atoms with Crippen LogP contribution in [0.4, 0.5) is 0 Å². The third-order valence-electron chi connectivity index (χ3n) is 4.83. The molecule has 1 saturated carbocycles. The van der Waals surface area contributed by atoms with E-state index in [0.29, 0.717) is 17.6 Å². The summed E-state index contributed by atoms with van der Waals surface area (Å²) in [6.07, 6.45) is 3.53. The number of benzene rings is 2. The molecule has 1 fully saturated rings. The van der Waals surface area contributed by atoms with Gasteiger partial charge in [0.1, 0.15) is 23.4 Å². The Bertz CT molecular complexity index is 663. The Hall–Kier alpha value is -2.16. The fourth-order valence-electron chi connectivity index (χ4n) is 3.87. The van der Waals surface area contributed by atoms with Crippen molar-refractivity contribution in [2.45, 2.75) is 31.3 Å². The normalized spacial score (nSPS) is 26.8. The molecule has 2 aromatic carbocycles. The van der Waals surface area contributed by atoms with Crippen LogP contribution in [0.15, 0.2) is 42.5 Å². The van der Waals surface area contributed by atoms with Gasteiger partial charge < -0.3 is 14.9 Å². The summed E-state index contributed by atoms with van der Waals surface area (Å²) in [6, 6.07) is 12.7. The molecule has 3 atom stereocenters. The Morgan fingerprint density at radius 1 is 0.905 bits per heavy atom. The summed E-state index contributed by atoms with van der Waals surface area (Å²) in [5, 5.41) is 19.2. The SMILES string of the molecule is Oc1ccc([C@H]2Oc3ccc(O)cc3[C@H]3CCC[C@H]32)cc1. The van der Waals surface area contributed by atoms with E-state index in [1.54, 1.807) is 18.2 Å². The zero-order chi connectivity index (χ0) is 14.4. The molecule has 0 aromatic heterocycles. The molecular formula is C18H18O3. The predicted molar refractivity (Wildman–Crippen MR) is 79.7 cm³/mol. The van der Waals surface area contributed by atoms with E-state index in [4.69, 9.17) is 4.74 Å². The first-order valence-corrected chi connectivity index (χ1v) is 7.51. The van der Waals surface area contributed by atoms with Crippen LogP contribution in [0.3, 0.4) is 0 Å². The molecule has 0 amide bonds. The summed E-state index contributed by atoms with van der Waals surface area (Å²) in [7, 11) is 0. The molecule has 21 heavy (non-hydrogen) atoms. The van der Waals surface area contributed by atoms with Crippen molar-refractivity contribution in [1.29, 1.82) is 0 Å². The molecule has 0 saturated heterocycles. The number of fused-ring (bicyclic) bond motifs is 3. The van der Waals surface area contributed by atoms with Crippen LogP contribution < -0.4 is 4.74 Å². The van der Waals surface area contributed by atoms with Crippen LogP contribution in [0.5, 0.6) is 17.2 Å². The fourth-order valence-corrected chi connectivity index (χ4v) is 3.87. The van der Waals surface area contributed by atoms with Gasteiger partial charge in [-0.25, -0.2) is 0 Å². The minimum absolute atomic E-state index is 0.0372. The van der Waals surface area contributed by atoms with Gasteiger partial charge >= 0.3 is 0 Å². The van der Waals surface area contributed by atoms with Crippen LogP contribution >= 0.6 is 0 Å². The molecular weight excluding hydrogens is 264 g/mol. The van der Waals surface area contributed by atoms with Gasteiger partial charge in [0, 0.05) is 11.5 Å². The zero-order valence-corrected chi connectivity index (χ0v) is 11.7. The molecule has 4 rings (SSSR count). The molecule has 0 bridgehead atoms. The van der Waals surface area contributed by atoms with Gasteiger partial charge in [-0.3, -0.25) is 0 Å². The lowest BCUT2D eigenvalue weighted by Crippen LogP contribution is -2.26. The highest BCUT2D eigenvalue weighted by Gasteiger charge is 2.41. The van der Waals surface area contributed by atoms with E-state index in [-0.39, 0.29) is 11.9 Å². The average molecular weight is 282 g/mol. The average Bonchev–Trinajstić information content (AvgIpc) is 2.97. The molecule has 0 spiro atoms. The van der Waals surface area contributed by atoms with Crippen LogP contribution in [0.1, 0.15) is 42.4 Å². The highest BCUT2D eigenvalue weighted by Crippen LogP contribution is 2.54. The van der Waals surface area contributed by atoms with E-state index < -0.39 is 0 Å². The van der Waals surface area contributed by atoms with Crippen molar-refractivity contribution in [2.24, 2.45) is 5.92 Å². The first-order valence-electron chi connectivity index (χ1n) is 7.51. The van der Waals surface area contributed by atoms with E-state index in [2.05, 4.69) is 0 Å². The van der Waals surface area contributed by atoms with E-state index in [9.17, 15) is 10.2 Å². The maximum atomic E-state index is 9.74. The molecule has 2 aromatic rings. The van der Waals surface area contributed by atoms with Crippen molar-refractivity contribution in [2.75, 3.05) is 0 Å². The number of aromatic hydroxyl groups is 2. The lowest BCUT2D eigenvalue weighted by Gasteiger charge is -2.36. The summed E-state index contributed by atoms with van der Waals surface area (Å²) < 4.78 is 6.23. The van der Waals surface area contributed by atoms with Gasteiger partial charge in [0.25, 0.3) is 0 Å². The number of ether oxygens (including phenoxy) is 1. The first-order chi connectivity index (χ1) is 10.2. The van der Waals surface area contributed by atoms with Crippen LogP contribution in [-0.2, 0) is 0 Å². The minimum Gasteiger partial charge on any atom is -0.508 e. The molecule has 3 heteroatoms. The molecule has 0 radical (unpaired) electrons. The van der Waals surface area contributed by atoms with E-state index in [0.717, 1.165) is 29.7 Å². The van der Waals surface area contributed by atoms with Gasteiger partial charge in [0.05, 0.1) is 0 Å². The number of rotatable bonds is 1. The van der Waals surface area contributed by atoms with Crippen LogP contribution in [0, 0.1) is 5.92 Å². The van der Waals surface area contributed by atoms with Gasteiger partial charge in [-0.2, -0.15) is 0 Å². The monoisotopic (exact) mass is 282 g/mol. The van der Waals surface area contributed by atoms with Crippen molar-refractivity contribution >= 4 is 0 Å². The summed E-state index contributed by atoms with van der Waals surface area (Å²) in [5.74, 6) is 2.38. The van der Waals surface area contributed by atoms with Crippen LogP contribution in [-0.4, -0.2) is 10.2 Å². The predicted octanol–water partition coefficient (Wildman–Crippen LogP) is 4.12. The molecule has 1 heterocycles. The maximum Gasteiger partial charge on any atom is 0.127 e. The number of phenols is 2. The number of phenolic OH excluding ortho intramolecular Hbond substituents is 2. The zero-order valence-electron chi connectivity index (χ0n) is 11.7. The lowest BCUT2D eigenvalue weighted by atomic mass is 9.80. The molecule has 108 valence electrons. The van der Waals surface area contributed by atoms with E-state index in [1.165, 1.54) is 6.42 Å². The summed E-state index contributed by atoms with van der Waals surface area (Å²) in [5.41, 5.74) is 2.26. The quantitative estimate of drug-likeness (QED) is 0.827. The van der Waals surface area contributed by atoms with Crippen molar-refractivity contribution in [3.8, 4) is 17.2 Å². The smallest absolute Gasteiger partial charge is 0.127 e. The Morgan fingerprint density at radius 2 is 1.67 bits per heavy atom. The van der Waals surface area contributed by atoms with Gasteiger partial charge in [-0.05, 0) is 54.7 Å². The van der Waals surface area contributed by atoms with Crippen LogP contribution in [0.2, 0.25) is 0 Å². The molecule has 2 aliphatic rings. The topological polar surface area (TPSA) is 49.7 Å². The molecule has 0 unspecified atom stereocenters. The number of hydrogen-bond donors (Lipinski definition) is 2. The van der Waals surface area contributed by atoms with Gasteiger partial charge in [-0.15, -0.1) is 0 Å². The molecule has 2 N–H and O–H groups in total. The molecule has 1 aliphatic heterocycles. The Labute approximate surface area is 123 Å². The second kappa shape index (κ2) is 4.69. The maximum absolute atomic E-state index is 9.74. The van der Waals surface area contributed by atoms with Crippen molar-refractivity contribution < 1.29 is 14.9 Å². The van der Waals surface area contributed by atoms with Crippen LogP contribution in [0.25, 0.3) is 0 Å². The molecule has 3 nitrogen and oxygen atoms in total. The fraction of sp³-hybridized carbons (Fsp3) is 0.333. The van der Waals surface area contributed by atoms with Gasteiger partial charge in [0.2, 0.25) is 0 Å². The largest absolute Gasteiger partial charge is 0.508 e. The lowest BCUT2D eigenvalue weighted by molar-refractivity contribution is 0.104.